The standard InChI is InChI=1S/C15H18N2O2/c1-11(18)16-13-6-8-14(9-7-13)17-15(19)10-12-4-2-3-5-12/h2,4,6-9,12H,3,5,10H2,1H3,(H,16,18)(H,17,19)/t12-/m0/s1. The Kier molecular flexibility index (Phi) is 4.34. The largest absolute Gasteiger partial charge is 0.326 e. The van der Waals surface area contributed by atoms with Crippen molar-refractivity contribution in [1.82, 2.24) is 0 Å². The molecule has 0 aromatic heterocycles. The summed E-state index contributed by atoms with van der Waals surface area (Å²) in [6, 6.07) is 7.11. The minimum absolute atomic E-state index is 0.0313. The zero-order valence-electron chi connectivity index (χ0n) is 11.0. The van der Waals surface area contributed by atoms with Crippen molar-refractivity contribution in [2.45, 2.75) is 26.2 Å². The van der Waals surface area contributed by atoms with Crippen molar-refractivity contribution < 1.29 is 9.59 Å². The molecule has 0 bridgehead atoms. The van der Waals surface area contributed by atoms with Crippen LogP contribution in [0.1, 0.15) is 26.2 Å². The van der Waals surface area contributed by atoms with Crippen LogP contribution in [0, 0.1) is 5.92 Å². The van der Waals surface area contributed by atoms with Gasteiger partial charge in [-0.3, -0.25) is 9.59 Å². The molecule has 1 atom stereocenters. The van der Waals surface area contributed by atoms with E-state index >= 15 is 0 Å². The summed E-state index contributed by atoms with van der Waals surface area (Å²) in [7, 11) is 0. The van der Waals surface area contributed by atoms with Gasteiger partial charge in [0.05, 0.1) is 0 Å². The molecule has 0 saturated carbocycles. The molecule has 1 aliphatic carbocycles. The third-order valence-electron chi connectivity index (χ3n) is 3.05. The van der Waals surface area contributed by atoms with Gasteiger partial charge in [-0.2, -0.15) is 0 Å². The summed E-state index contributed by atoms with van der Waals surface area (Å²) in [5, 5.41) is 5.55. The van der Waals surface area contributed by atoms with Gasteiger partial charge in [0.15, 0.2) is 0 Å². The molecular formula is C15H18N2O2. The molecule has 1 aromatic rings. The van der Waals surface area contributed by atoms with Crippen LogP contribution < -0.4 is 10.6 Å². The lowest BCUT2D eigenvalue weighted by Crippen LogP contribution is -2.14. The van der Waals surface area contributed by atoms with Gasteiger partial charge in [0, 0.05) is 24.7 Å². The molecule has 0 spiro atoms. The number of hydrogen-bond donors (Lipinski definition) is 2. The van der Waals surface area contributed by atoms with Gasteiger partial charge in [-0.1, -0.05) is 12.2 Å². The van der Waals surface area contributed by atoms with E-state index in [-0.39, 0.29) is 11.8 Å². The predicted molar refractivity (Wildman–Crippen MR) is 75.9 cm³/mol. The summed E-state index contributed by atoms with van der Waals surface area (Å²) in [4.78, 5) is 22.7. The number of benzene rings is 1. The summed E-state index contributed by atoms with van der Waals surface area (Å²) in [5.74, 6) is 0.298. The van der Waals surface area contributed by atoms with Crippen molar-refractivity contribution in [1.29, 1.82) is 0 Å². The van der Waals surface area contributed by atoms with Crippen LogP contribution >= 0.6 is 0 Å². The lowest BCUT2D eigenvalue weighted by atomic mass is 10.1. The molecule has 0 heterocycles. The number of anilines is 2. The molecule has 4 nitrogen and oxygen atoms in total. The van der Waals surface area contributed by atoms with Gasteiger partial charge in [-0.25, -0.2) is 0 Å². The second kappa shape index (κ2) is 6.18. The Morgan fingerprint density at radius 1 is 1.16 bits per heavy atom. The lowest BCUT2D eigenvalue weighted by Gasteiger charge is -2.09. The van der Waals surface area contributed by atoms with Gasteiger partial charge in [-0.05, 0) is 43.0 Å². The number of allylic oxidation sites excluding steroid dienone is 2. The first-order chi connectivity index (χ1) is 9.13. The molecule has 2 N–H and O–H groups in total. The fourth-order valence-electron chi connectivity index (χ4n) is 2.16. The number of hydrogen-bond acceptors (Lipinski definition) is 2. The number of rotatable bonds is 4. The summed E-state index contributed by atoms with van der Waals surface area (Å²) in [5.41, 5.74) is 1.48. The first kappa shape index (κ1) is 13.3. The second-order valence-corrected chi connectivity index (χ2v) is 4.78. The quantitative estimate of drug-likeness (QED) is 0.816. The number of carbonyl (C=O) groups is 2. The molecule has 19 heavy (non-hydrogen) atoms. The normalized spacial score (nSPS) is 17.2. The third kappa shape index (κ3) is 4.25. The second-order valence-electron chi connectivity index (χ2n) is 4.78. The Morgan fingerprint density at radius 2 is 1.79 bits per heavy atom. The Hall–Kier alpha value is -2.10. The number of nitrogens with one attached hydrogen (secondary N) is 2. The van der Waals surface area contributed by atoms with Gasteiger partial charge in [0.25, 0.3) is 0 Å². The van der Waals surface area contributed by atoms with Crippen molar-refractivity contribution in [3.05, 3.63) is 36.4 Å². The van der Waals surface area contributed by atoms with E-state index in [1.807, 2.05) is 0 Å². The molecule has 0 unspecified atom stereocenters. The van der Waals surface area contributed by atoms with E-state index in [0.717, 1.165) is 24.2 Å². The average molecular weight is 258 g/mol. The fraction of sp³-hybridized carbons (Fsp3) is 0.333. The van der Waals surface area contributed by atoms with Crippen LogP contribution in [0.2, 0.25) is 0 Å². The van der Waals surface area contributed by atoms with Gasteiger partial charge in [0.1, 0.15) is 0 Å². The van der Waals surface area contributed by atoms with Crippen LogP contribution in [-0.2, 0) is 9.59 Å². The fourth-order valence-corrected chi connectivity index (χ4v) is 2.16. The van der Waals surface area contributed by atoms with E-state index in [2.05, 4.69) is 22.8 Å². The Labute approximate surface area is 112 Å². The molecule has 2 rings (SSSR count). The lowest BCUT2D eigenvalue weighted by molar-refractivity contribution is -0.117. The van der Waals surface area contributed by atoms with Crippen LogP contribution in [0.15, 0.2) is 36.4 Å². The summed E-state index contributed by atoms with van der Waals surface area (Å²) in [6.07, 6.45) is 6.90. The Balaban J connectivity index is 1.86. The van der Waals surface area contributed by atoms with Crippen molar-refractivity contribution in [2.75, 3.05) is 10.6 Å². The van der Waals surface area contributed by atoms with Crippen LogP contribution in [0.4, 0.5) is 11.4 Å². The highest BCUT2D eigenvalue weighted by atomic mass is 16.2. The van der Waals surface area contributed by atoms with Crippen molar-refractivity contribution in [3.63, 3.8) is 0 Å². The van der Waals surface area contributed by atoms with E-state index in [1.165, 1.54) is 6.92 Å². The highest BCUT2D eigenvalue weighted by molar-refractivity contribution is 5.92. The third-order valence-corrected chi connectivity index (χ3v) is 3.05. The van der Waals surface area contributed by atoms with E-state index < -0.39 is 0 Å². The van der Waals surface area contributed by atoms with Gasteiger partial charge in [0.2, 0.25) is 11.8 Å². The number of carbonyl (C=O) groups excluding carboxylic acids is 2. The zero-order valence-corrected chi connectivity index (χ0v) is 11.0. The van der Waals surface area contributed by atoms with Gasteiger partial charge in [-0.15, -0.1) is 0 Å². The maximum absolute atomic E-state index is 11.8. The van der Waals surface area contributed by atoms with Crippen LogP contribution in [0.3, 0.4) is 0 Å². The molecule has 2 amide bonds. The van der Waals surface area contributed by atoms with Gasteiger partial charge < -0.3 is 10.6 Å². The molecule has 0 saturated heterocycles. The van der Waals surface area contributed by atoms with Crippen molar-refractivity contribution in [3.8, 4) is 0 Å². The molecule has 100 valence electrons. The minimum atomic E-state index is -0.107. The van der Waals surface area contributed by atoms with Gasteiger partial charge >= 0.3 is 0 Å². The molecule has 1 aliphatic rings. The highest BCUT2D eigenvalue weighted by Gasteiger charge is 2.13. The van der Waals surface area contributed by atoms with E-state index in [4.69, 9.17) is 0 Å². The molecule has 0 fully saturated rings. The Morgan fingerprint density at radius 3 is 2.32 bits per heavy atom. The monoisotopic (exact) mass is 258 g/mol. The first-order valence-corrected chi connectivity index (χ1v) is 6.47. The van der Waals surface area contributed by atoms with E-state index in [0.29, 0.717) is 12.3 Å². The topological polar surface area (TPSA) is 58.2 Å². The zero-order chi connectivity index (χ0) is 13.7. The van der Waals surface area contributed by atoms with E-state index in [1.54, 1.807) is 24.3 Å². The molecule has 0 aliphatic heterocycles. The van der Waals surface area contributed by atoms with Crippen molar-refractivity contribution in [2.24, 2.45) is 5.92 Å². The van der Waals surface area contributed by atoms with Crippen LogP contribution in [-0.4, -0.2) is 11.8 Å². The highest BCUT2D eigenvalue weighted by Crippen LogP contribution is 2.21. The summed E-state index contributed by atoms with van der Waals surface area (Å²) >= 11 is 0. The van der Waals surface area contributed by atoms with E-state index in [9.17, 15) is 9.59 Å². The Bertz CT molecular complexity index is 491. The smallest absolute Gasteiger partial charge is 0.224 e. The average Bonchev–Trinajstić information content (AvgIpc) is 2.83. The maximum atomic E-state index is 11.8. The van der Waals surface area contributed by atoms with Crippen molar-refractivity contribution >= 4 is 23.2 Å². The first-order valence-electron chi connectivity index (χ1n) is 6.47. The minimum Gasteiger partial charge on any atom is -0.326 e. The molecule has 1 aromatic carbocycles. The summed E-state index contributed by atoms with van der Waals surface area (Å²) in [6.45, 7) is 1.46. The number of amides is 2. The SMILES string of the molecule is CC(=O)Nc1ccc(NC(=O)C[C@H]2C=CCC2)cc1. The molecule has 4 heteroatoms. The maximum Gasteiger partial charge on any atom is 0.224 e. The van der Waals surface area contributed by atoms with Crippen LogP contribution in [0.25, 0.3) is 0 Å². The molecule has 0 radical (unpaired) electrons. The molecular weight excluding hydrogens is 240 g/mol. The summed E-state index contributed by atoms with van der Waals surface area (Å²) < 4.78 is 0. The predicted octanol–water partition coefficient (Wildman–Crippen LogP) is 2.94. The van der Waals surface area contributed by atoms with Crippen LogP contribution in [0.5, 0.6) is 0 Å².